The maximum atomic E-state index is 4.44. The molecule has 1 aromatic rings. The number of nitrogens with zero attached hydrogens (tertiary/aromatic N) is 1. The van der Waals surface area contributed by atoms with Crippen molar-refractivity contribution in [2.45, 2.75) is 52.1 Å². The van der Waals surface area contributed by atoms with Gasteiger partial charge in [-0.2, -0.15) is 0 Å². The Morgan fingerprint density at radius 3 is 2.87 bits per heavy atom. The first-order chi connectivity index (χ1) is 7.16. The molecule has 3 atom stereocenters. The lowest BCUT2D eigenvalue weighted by Gasteiger charge is -2.21. The second-order valence-electron chi connectivity index (χ2n) is 4.71. The summed E-state index contributed by atoms with van der Waals surface area (Å²) in [6.07, 6.45) is 6.05. The summed E-state index contributed by atoms with van der Waals surface area (Å²) in [5.74, 6) is 0.827. The van der Waals surface area contributed by atoms with Gasteiger partial charge in [0.1, 0.15) is 5.01 Å². The van der Waals surface area contributed by atoms with E-state index in [0.29, 0.717) is 12.1 Å². The maximum Gasteiger partial charge on any atom is 0.109 e. The van der Waals surface area contributed by atoms with E-state index in [9.17, 15) is 0 Å². The van der Waals surface area contributed by atoms with E-state index in [0.717, 1.165) is 5.92 Å². The highest BCUT2D eigenvalue weighted by atomic mass is 32.1. The molecule has 0 aliphatic heterocycles. The number of rotatable bonds is 3. The molecule has 1 aliphatic carbocycles. The first-order valence-electron chi connectivity index (χ1n) is 5.85. The minimum Gasteiger partial charge on any atom is -0.305 e. The molecule has 1 fully saturated rings. The van der Waals surface area contributed by atoms with Crippen molar-refractivity contribution in [3.63, 3.8) is 0 Å². The molecule has 0 bridgehead atoms. The third kappa shape index (κ3) is 2.58. The van der Waals surface area contributed by atoms with Gasteiger partial charge in [0.05, 0.1) is 6.04 Å². The molecule has 84 valence electrons. The number of hydrogen-bond donors (Lipinski definition) is 1. The second-order valence-corrected chi connectivity index (χ2v) is 5.98. The van der Waals surface area contributed by atoms with Gasteiger partial charge < -0.3 is 5.32 Å². The van der Waals surface area contributed by atoms with E-state index in [-0.39, 0.29) is 0 Å². The summed E-state index contributed by atoms with van der Waals surface area (Å²) < 4.78 is 0. The lowest BCUT2D eigenvalue weighted by atomic mass is 10.1. The van der Waals surface area contributed by atoms with Gasteiger partial charge in [-0.15, -0.1) is 11.3 Å². The van der Waals surface area contributed by atoms with E-state index < -0.39 is 0 Å². The Labute approximate surface area is 96.1 Å². The standard InChI is InChI=1S/C12H20N2S/c1-8-5-4-6-11(8)14-10(3)12-13-7-9(2)15-12/h7-8,10-11,14H,4-6H2,1-3H3. The highest BCUT2D eigenvalue weighted by Crippen LogP contribution is 2.28. The van der Waals surface area contributed by atoms with Crippen LogP contribution in [0.5, 0.6) is 0 Å². The van der Waals surface area contributed by atoms with Crippen LogP contribution in [0.1, 0.15) is 49.0 Å². The van der Waals surface area contributed by atoms with Crippen LogP contribution in [0.3, 0.4) is 0 Å². The molecule has 0 amide bonds. The molecule has 0 radical (unpaired) electrons. The molecule has 0 saturated heterocycles. The van der Waals surface area contributed by atoms with Crippen molar-refractivity contribution >= 4 is 11.3 Å². The van der Waals surface area contributed by atoms with Crippen molar-refractivity contribution in [2.24, 2.45) is 5.92 Å². The largest absolute Gasteiger partial charge is 0.305 e. The Morgan fingerprint density at radius 2 is 2.33 bits per heavy atom. The molecular weight excluding hydrogens is 204 g/mol. The smallest absolute Gasteiger partial charge is 0.109 e. The van der Waals surface area contributed by atoms with Gasteiger partial charge in [-0.05, 0) is 32.6 Å². The molecule has 2 rings (SSSR count). The van der Waals surface area contributed by atoms with E-state index in [1.165, 1.54) is 29.1 Å². The topological polar surface area (TPSA) is 24.9 Å². The van der Waals surface area contributed by atoms with Crippen molar-refractivity contribution in [1.29, 1.82) is 0 Å². The normalized spacial score (nSPS) is 28.2. The van der Waals surface area contributed by atoms with Crippen LogP contribution in [-0.4, -0.2) is 11.0 Å². The Bertz CT molecular complexity index is 321. The first kappa shape index (κ1) is 11.1. The van der Waals surface area contributed by atoms with Crippen molar-refractivity contribution in [1.82, 2.24) is 10.3 Å². The summed E-state index contributed by atoms with van der Waals surface area (Å²) in [7, 11) is 0. The van der Waals surface area contributed by atoms with Crippen LogP contribution in [0.4, 0.5) is 0 Å². The molecule has 15 heavy (non-hydrogen) atoms. The average Bonchev–Trinajstić information content (AvgIpc) is 2.77. The maximum absolute atomic E-state index is 4.44. The molecule has 1 aromatic heterocycles. The van der Waals surface area contributed by atoms with Crippen molar-refractivity contribution in [3.05, 3.63) is 16.1 Å². The van der Waals surface area contributed by atoms with Crippen LogP contribution in [0.25, 0.3) is 0 Å². The highest BCUT2D eigenvalue weighted by molar-refractivity contribution is 7.11. The van der Waals surface area contributed by atoms with Crippen molar-refractivity contribution in [2.75, 3.05) is 0 Å². The highest BCUT2D eigenvalue weighted by Gasteiger charge is 2.25. The van der Waals surface area contributed by atoms with Gasteiger partial charge in [-0.25, -0.2) is 4.98 Å². The van der Waals surface area contributed by atoms with Crippen LogP contribution >= 0.6 is 11.3 Å². The quantitative estimate of drug-likeness (QED) is 0.852. The second kappa shape index (κ2) is 4.62. The third-order valence-electron chi connectivity index (χ3n) is 3.34. The Hall–Kier alpha value is -0.410. The molecule has 2 nitrogen and oxygen atoms in total. The predicted octanol–water partition coefficient (Wildman–Crippen LogP) is 3.29. The fourth-order valence-corrected chi connectivity index (χ4v) is 3.14. The fourth-order valence-electron chi connectivity index (χ4n) is 2.36. The first-order valence-corrected chi connectivity index (χ1v) is 6.67. The summed E-state index contributed by atoms with van der Waals surface area (Å²) >= 11 is 1.81. The minimum atomic E-state index is 0.411. The van der Waals surface area contributed by atoms with Gasteiger partial charge >= 0.3 is 0 Å². The summed E-state index contributed by atoms with van der Waals surface area (Å²) in [4.78, 5) is 5.74. The van der Waals surface area contributed by atoms with Gasteiger partial charge in [0.2, 0.25) is 0 Å². The number of nitrogens with one attached hydrogen (secondary N) is 1. The SMILES string of the molecule is Cc1cnc(C(C)NC2CCCC2C)s1. The minimum absolute atomic E-state index is 0.411. The molecule has 1 saturated carbocycles. The summed E-state index contributed by atoms with van der Waals surface area (Å²) in [5.41, 5.74) is 0. The van der Waals surface area contributed by atoms with Crippen molar-refractivity contribution in [3.8, 4) is 0 Å². The summed E-state index contributed by atoms with van der Waals surface area (Å²) in [5, 5.41) is 4.93. The van der Waals surface area contributed by atoms with E-state index in [1.807, 2.05) is 6.20 Å². The van der Waals surface area contributed by atoms with Crippen LogP contribution < -0.4 is 5.32 Å². The Morgan fingerprint density at radius 1 is 1.53 bits per heavy atom. The number of aromatic nitrogens is 1. The van der Waals surface area contributed by atoms with E-state index in [4.69, 9.17) is 0 Å². The third-order valence-corrected chi connectivity index (χ3v) is 4.43. The molecule has 0 aromatic carbocycles. The van der Waals surface area contributed by atoms with E-state index >= 15 is 0 Å². The van der Waals surface area contributed by atoms with Crippen LogP contribution in [0.15, 0.2) is 6.20 Å². The summed E-state index contributed by atoms with van der Waals surface area (Å²) in [6, 6.07) is 1.11. The lowest BCUT2D eigenvalue weighted by molar-refractivity contribution is 0.388. The Balaban J connectivity index is 1.94. The zero-order valence-corrected chi connectivity index (χ0v) is 10.6. The van der Waals surface area contributed by atoms with Crippen LogP contribution in [0, 0.1) is 12.8 Å². The zero-order valence-electron chi connectivity index (χ0n) is 9.79. The molecule has 1 N–H and O–H groups in total. The molecule has 3 heteroatoms. The number of hydrogen-bond acceptors (Lipinski definition) is 3. The molecule has 1 heterocycles. The summed E-state index contributed by atoms with van der Waals surface area (Å²) in [6.45, 7) is 6.69. The van der Waals surface area contributed by atoms with Gasteiger partial charge in [0, 0.05) is 17.1 Å². The van der Waals surface area contributed by atoms with Gasteiger partial charge in [-0.1, -0.05) is 13.3 Å². The molecule has 0 spiro atoms. The number of thiazole rings is 1. The number of aryl methyl sites for hydroxylation is 1. The molecule has 1 aliphatic rings. The van der Waals surface area contributed by atoms with Crippen LogP contribution in [0.2, 0.25) is 0 Å². The van der Waals surface area contributed by atoms with Gasteiger partial charge in [-0.3, -0.25) is 0 Å². The van der Waals surface area contributed by atoms with Crippen molar-refractivity contribution < 1.29 is 0 Å². The molecular formula is C12H20N2S. The predicted molar refractivity (Wildman–Crippen MR) is 65.2 cm³/mol. The average molecular weight is 224 g/mol. The van der Waals surface area contributed by atoms with Gasteiger partial charge in [0.15, 0.2) is 0 Å². The zero-order chi connectivity index (χ0) is 10.8. The monoisotopic (exact) mass is 224 g/mol. The fraction of sp³-hybridized carbons (Fsp3) is 0.750. The Kier molecular flexibility index (Phi) is 3.42. The van der Waals surface area contributed by atoms with E-state index in [1.54, 1.807) is 11.3 Å². The molecule has 3 unspecified atom stereocenters. The van der Waals surface area contributed by atoms with Gasteiger partial charge in [0.25, 0.3) is 0 Å². The van der Waals surface area contributed by atoms with E-state index in [2.05, 4.69) is 31.1 Å². The van der Waals surface area contributed by atoms with Crippen LogP contribution in [-0.2, 0) is 0 Å². The lowest BCUT2D eigenvalue weighted by Crippen LogP contribution is -2.33.